The molecule has 7 nitrogen and oxygen atoms in total. The van der Waals surface area contributed by atoms with Crippen LogP contribution >= 0.6 is 0 Å². The summed E-state index contributed by atoms with van der Waals surface area (Å²) in [5, 5.41) is 4.09. The highest BCUT2D eigenvalue weighted by Crippen LogP contribution is 2.33. The fraction of sp³-hybridized carbons (Fsp3) is 0.789. The molecule has 0 radical (unpaired) electrons. The molecule has 2 fully saturated rings. The molecule has 0 aliphatic carbocycles. The molecular formula is C19H32N4O3. The van der Waals surface area contributed by atoms with Crippen LogP contribution in [0, 0.1) is 13.8 Å². The third kappa shape index (κ3) is 3.94. The monoisotopic (exact) mass is 364 g/mol. The van der Waals surface area contributed by atoms with E-state index in [0.717, 1.165) is 57.0 Å². The lowest BCUT2D eigenvalue weighted by Gasteiger charge is -2.49. The van der Waals surface area contributed by atoms with Crippen LogP contribution < -0.4 is 0 Å². The molecule has 0 N–H and O–H groups in total. The first-order chi connectivity index (χ1) is 12.4. The van der Waals surface area contributed by atoms with Gasteiger partial charge in [-0.05, 0) is 33.7 Å². The fourth-order valence-electron chi connectivity index (χ4n) is 4.30. The Morgan fingerprint density at radius 2 is 2.04 bits per heavy atom. The van der Waals surface area contributed by atoms with E-state index in [1.165, 1.54) is 5.56 Å². The largest absolute Gasteiger partial charge is 0.383 e. The molecule has 7 heteroatoms. The van der Waals surface area contributed by atoms with Gasteiger partial charge in [-0.3, -0.25) is 14.6 Å². The van der Waals surface area contributed by atoms with E-state index in [0.29, 0.717) is 19.6 Å². The van der Waals surface area contributed by atoms with Gasteiger partial charge in [-0.1, -0.05) is 5.16 Å². The van der Waals surface area contributed by atoms with Crippen LogP contribution in [0.4, 0.5) is 0 Å². The Labute approximate surface area is 156 Å². The van der Waals surface area contributed by atoms with Crippen molar-refractivity contribution in [3.05, 3.63) is 17.0 Å². The van der Waals surface area contributed by atoms with Crippen LogP contribution in [0.1, 0.15) is 36.3 Å². The average Bonchev–Trinajstić information content (AvgIpc) is 2.85. The van der Waals surface area contributed by atoms with Gasteiger partial charge in [-0.2, -0.15) is 0 Å². The maximum Gasteiger partial charge on any atom is 0.222 e. The molecule has 3 heterocycles. The highest BCUT2D eigenvalue weighted by molar-refractivity contribution is 5.76. The number of aryl methyl sites for hydroxylation is 2. The predicted octanol–water partition coefficient (Wildman–Crippen LogP) is 1.44. The van der Waals surface area contributed by atoms with Gasteiger partial charge in [0.05, 0.1) is 12.3 Å². The van der Waals surface area contributed by atoms with Crippen molar-refractivity contribution in [3.8, 4) is 0 Å². The van der Waals surface area contributed by atoms with E-state index in [4.69, 9.17) is 9.26 Å². The summed E-state index contributed by atoms with van der Waals surface area (Å²) < 4.78 is 10.5. The molecule has 26 heavy (non-hydrogen) atoms. The number of likely N-dealkylation sites (tertiary alicyclic amines) is 1. The number of piperazine rings is 1. The van der Waals surface area contributed by atoms with Crippen molar-refractivity contribution in [3.63, 3.8) is 0 Å². The van der Waals surface area contributed by atoms with Crippen molar-refractivity contribution >= 4 is 5.91 Å². The van der Waals surface area contributed by atoms with E-state index in [9.17, 15) is 4.79 Å². The van der Waals surface area contributed by atoms with Gasteiger partial charge in [0.2, 0.25) is 5.91 Å². The Morgan fingerprint density at radius 3 is 2.73 bits per heavy atom. The van der Waals surface area contributed by atoms with Crippen LogP contribution in [0.3, 0.4) is 0 Å². The Bertz CT molecular complexity index is 613. The Morgan fingerprint density at radius 1 is 1.23 bits per heavy atom. The summed E-state index contributed by atoms with van der Waals surface area (Å²) in [6.07, 6.45) is 2.55. The molecule has 3 rings (SSSR count). The van der Waals surface area contributed by atoms with E-state index in [1.54, 1.807) is 7.11 Å². The fourth-order valence-corrected chi connectivity index (χ4v) is 4.30. The number of carbonyl (C=O) groups is 1. The molecule has 146 valence electrons. The molecule has 0 aromatic carbocycles. The number of nitrogens with zero attached hydrogens (tertiary/aromatic N) is 4. The van der Waals surface area contributed by atoms with Gasteiger partial charge in [0, 0.05) is 63.9 Å². The molecule has 2 saturated heterocycles. The van der Waals surface area contributed by atoms with E-state index >= 15 is 0 Å². The standard InChI is InChI=1S/C19H32N4O3/c1-15-17(16(2)26-20-15)13-22-10-9-21(3)19(14-22)6-5-18(24)23(8-7-19)11-12-25-4/h5-14H2,1-4H3/t19-/m1/s1. The van der Waals surface area contributed by atoms with Crippen LogP contribution in [-0.2, 0) is 16.1 Å². The van der Waals surface area contributed by atoms with Crippen molar-refractivity contribution < 1.29 is 14.1 Å². The van der Waals surface area contributed by atoms with E-state index in [2.05, 4.69) is 22.0 Å². The molecule has 0 unspecified atom stereocenters. The molecule has 1 aromatic heterocycles. The van der Waals surface area contributed by atoms with E-state index in [-0.39, 0.29) is 11.4 Å². The maximum atomic E-state index is 12.5. The van der Waals surface area contributed by atoms with Crippen molar-refractivity contribution in [1.82, 2.24) is 19.9 Å². The molecule has 1 spiro atoms. The first kappa shape index (κ1) is 19.3. The summed E-state index contributed by atoms with van der Waals surface area (Å²) in [7, 11) is 3.90. The van der Waals surface area contributed by atoms with E-state index in [1.807, 2.05) is 18.7 Å². The van der Waals surface area contributed by atoms with Crippen LogP contribution in [0.5, 0.6) is 0 Å². The minimum absolute atomic E-state index is 0.0642. The summed E-state index contributed by atoms with van der Waals surface area (Å²) in [5.74, 6) is 1.17. The topological polar surface area (TPSA) is 62.1 Å². The zero-order valence-electron chi connectivity index (χ0n) is 16.6. The number of aromatic nitrogens is 1. The van der Waals surface area contributed by atoms with Gasteiger partial charge in [0.15, 0.2) is 0 Å². The van der Waals surface area contributed by atoms with Crippen molar-refractivity contribution in [1.29, 1.82) is 0 Å². The van der Waals surface area contributed by atoms with Gasteiger partial charge in [-0.25, -0.2) is 0 Å². The van der Waals surface area contributed by atoms with Gasteiger partial charge < -0.3 is 14.2 Å². The molecule has 2 aliphatic rings. The Hall–Kier alpha value is -1.44. The Kier molecular flexibility index (Phi) is 5.99. The molecule has 2 aliphatic heterocycles. The number of rotatable bonds is 5. The number of carbonyl (C=O) groups excluding carboxylic acids is 1. The van der Waals surface area contributed by atoms with Gasteiger partial charge in [0.25, 0.3) is 0 Å². The second-order valence-corrected chi connectivity index (χ2v) is 7.78. The summed E-state index contributed by atoms with van der Waals surface area (Å²) in [6.45, 7) is 10.0. The molecule has 1 atom stereocenters. The zero-order chi connectivity index (χ0) is 18.7. The number of ether oxygens (including phenoxy) is 1. The SMILES string of the molecule is COCCN1CC[C@]2(CCC1=O)CN(Cc1c(C)noc1C)CCN2C. The first-order valence-electron chi connectivity index (χ1n) is 9.57. The summed E-state index contributed by atoms with van der Waals surface area (Å²) in [5.41, 5.74) is 2.25. The smallest absolute Gasteiger partial charge is 0.222 e. The predicted molar refractivity (Wildman–Crippen MR) is 98.9 cm³/mol. The third-order valence-electron chi connectivity index (χ3n) is 6.21. The average molecular weight is 364 g/mol. The maximum absolute atomic E-state index is 12.5. The normalized spacial score (nSPS) is 25.8. The first-order valence-corrected chi connectivity index (χ1v) is 9.57. The molecule has 1 amide bonds. The zero-order valence-corrected chi connectivity index (χ0v) is 16.6. The molecule has 1 aromatic rings. The minimum Gasteiger partial charge on any atom is -0.383 e. The number of methoxy groups -OCH3 is 1. The molecular weight excluding hydrogens is 332 g/mol. The Balaban J connectivity index is 1.70. The number of hydrogen-bond donors (Lipinski definition) is 0. The summed E-state index contributed by atoms with van der Waals surface area (Å²) >= 11 is 0. The van der Waals surface area contributed by atoms with E-state index < -0.39 is 0 Å². The third-order valence-corrected chi connectivity index (χ3v) is 6.21. The lowest BCUT2D eigenvalue weighted by Crippen LogP contribution is -2.60. The van der Waals surface area contributed by atoms with Crippen molar-refractivity contribution in [2.45, 2.75) is 45.2 Å². The van der Waals surface area contributed by atoms with Gasteiger partial charge in [0.1, 0.15) is 5.76 Å². The van der Waals surface area contributed by atoms with Crippen LogP contribution in [0.2, 0.25) is 0 Å². The molecule has 0 bridgehead atoms. The number of amides is 1. The summed E-state index contributed by atoms with van der Waals surface area (Å²) in [4.78, 5) is 19.4. The van der Waals surface area contributed by atoms with Crippen LogP contribution in [-0.4, -0.2) is 84.8 Å². The second-order valence-electron chi connectivity index (χ2n) is 7.78. The summed E-state index contributed by atoms with van der Waals surface area (Å²) in [6, 6.07) is 0. The molecule has 0 saturated carbocycles. The lowest BCUT2D eigenvalue weighted by molar-refractivity contribution is -0.131. The van der Waals surface area contributed by atoms with Gasteiger partial charge in [-0.15, -0.1) is 0 Å². The van der Waals surface area contributed by atoms with Crippen molar-refractivity contribution in [2.24, 2.45) is 0 Å². The number of hydrogen-bond acceptors (Lipinski definition) is 6. The lowest BCUT2D eigenvalue weighted by atomic mass is 9.86. The highest BCUT2D eigenvalue weighted by atomic mass is 16.5. The number of likely N-dealkylation sites (N-methyl/N-ethyl adjacent to an activating group) is 1. The quantitative estimate of drug-likeness (QED) is 0.788. The van der Waals surface area contributed by atoms with Crippen molar-refractivity contribution in [2.75, 3.05) is 53.5 Å². The minimum atomic E-state index is 0.0642. The van der Waals surface area contributed by atoms with Crippen LogP contribution in [0.25, 0.3) is 0 Å². The van der Waals surface area contributed by atoms with Gasteiger partial charge >= 0.3 is 0 Å². The second kappa shape index (κ2) is 8.06. The highest BCUT2D eigenvalue weighted by Gasteiger charge is 2.42. The van der Waals surface area contributed by atoms with Crippen LogP contribution in [0.15, 0.2) is 4.52 Å².